The van der Waals surface area contributed by atoms with Gasteiger partial charge in [0.25, 0.3) is 11.8 Å². The average molecular weight is 772 g/mol. The number of nitrogens with one attached hydrogen (secondary N) is 1. The van der Waals surface area contributed by atoms with Gasteiger partial charge in [-0.3, -0.25) is 9.59 Å². The number of nitrogens with zero attached hydrogens (tertiary/aromatic N) is 1. The molecule has 3 heterocycles. The van der Waals surface area contributed by atoms with Crippen molar-refractivity contribution in [2.45, 2.75) is 80.9 Å². The van der Waals surface area contributed by atoms with E-state index in [1.807, 2.05) is 30.3 Å². The summed E-state index contributed by atoms with van der Waals surface area (Å²) in [6, 6.07) is 20.6. The van der Waals surface area contributed by atoms with Crippen molar-refractivity contribution in [3.63, 3.8) is 0 Å². The predicted molar refractivity (Wildman–Crippen MR) is 191 cm³/mol. The first-order valence-electron chi connectivity index (χ1n) is 16.6. The molecule has 0 radical (unpaired) electrons. The number of benzene rings is 3. The lowest BCUT2D eigenvalue weighted by Crippen LogP contribution is -2.60. The number of fused-ring (bicyclic) bond motifs is 2. The van der Waals surface area contributed by atoms with Gasteiger partial charge < -0.3 is 50.0 Å². The number of carbonyl (C=O) groups is 2. The van der Waals surface area contributed by atoms with Crippen LogP contribution < -0.4 is 20.1 Å². The number of ether oxygens (including phenoxy) is 3. The molecule has 3 aliphatic heterocycles. The van der Waals surface area contributed by atoms with Gasteiger partial charge >= 0.3 is 0 Å². The zero-order valence-corrected chi connectivity index (χ0v) is 30.8. The summed E-state index contributed by atoms with van der Waals surface area (Å²) in [7, 11) is -0.685. The molecule has 9 atom stereocenters. The summed E-state index contributed by atoms with van der Waals surface area (Å²) >= 11 is 3.61. The number of halogens is 1. The molecule has 3 aliphatic rings. The number of amides is 2. The lowest BCUT2D eigenvalue weighted by atomic mass is 9.82. The molecule has 12 nitrogen and oxygen atoms in total. The third-order valence-corrected chi connectivity index (χ3v) is 15.5. The van der Waals surface area contributed by atoms with Crippen LogP contribution in [0.5, 0.6) is 5.75 Å². The van der Waals surface area contributed by atoms with Crippen molar-refractivity contribution in [2.24, 2.45) is 5.92 Å². The number of hydrogen-bond acceptors (Lipinski definition) is 10. The highest BCUT2D eigenvalue weighted by Crippen LogP contribution is 2.60. The van der Waals surface area contributed by atoms with Gasteiger partial charge in [0.2, 0.25) is 0 Å². The Morgan fingerprint density at radius 1 is 1.00 bits per heavy atom. The molecule has 0 aliphatic carbocycles. The molecular formula is C36H43BrN2O10Si. The summed E-state index contributed by atoms with van der Waals surface area (Å²) in [5.41, 5.74) is 1.37. The first-order chi connectivity index (χ1) is 23.7. The Kier molecular flexibility index (Phi) is 10.3. The van der Waals surface area contributed by atoms with Crippen molar-refractivity contribution in [2.75, 3.05) is 23.9 Å². The van der Waals surface area contributed by atoms with Gasteiger partial charge in [-0.1, -0.05) is 65.4 Å². The monoisotopic (exact) mass is 770 g/mol. The molecule has 0 aromatic heterocycles. The van der Waals surface area contributed by atoms with Gasteiger partial charge in [0, 0.05) is 28.2 Å². The second kappa shape index (κ2) is 14.1. The van der Waals surface area contributed by atoms with Crippen molar-refractivity contribution in [3.8, 4) is 5.75 Å². The van der Waals surface area contributed by atoms with Crippen LogP contribution in [0.3, 0.4) is 0 Å². The van der Waals surface area contributed by atoms with Crippen LogP contribution in [-0.4, -0.2) is 95.9 Å². The van der Waals surface area contributed by atoms with Gasteiger partial charge in [-0.25, -0.2) is 0 Å². The smallest absolute Gasteiger partial charge is 0.264 e. The zero-order chi connectivity index (χ0) is 36.1. The minimum Gasteiger partial charge on any atom is -0.497 e. The zero-order valence-electron chi connectivity index (χ0n) is 28.2. The SMILES string of the molecule is COc1ccc([Si](C)(C)[C@@H]2[C@@H](CCO)O[C@]3(C(=O)N(Cc4ccc(NC(=O)[C@H]5O[C@@H](O)[C@H](O)[C@@H](O)[C@@H]5O)cc4)c4ccc(Br)cc43)[C@H]2C)cc1. The molecule has 0 saturated carbocycles. The largest absolute Gasteiger partial charge is 0.497 e. The Labute approximate surface area is 299 Å². The molecule has 0 bridgehead atoms. The van der Waals surface area contributed by atoms with E-state index in [2.05, 4.69) is 53.4 Å². The van der Waals surface area contributed by atoms with Crippen molar-refractivity contribution in [3.05, 3.63) is 82.3 Å². The molecule has 1 spiro atoms. The molecule has 6 N–H and O–H groups in total. The van der Waals surface area contributed by atoms with Crippen molar-refractivity contribution in [1.82, 2.24) is 0 Å². The number of carbonyl (C=O) groups excluding carboxylic acids is 2. The summed E-state index contributed by atoms with van der Waals surface area (Å²) in [5, 5.41) is 53.7. The maximum Gasteiger partial charge on any atom is 0.264 e. The molecule has 2 amide bonds. The molecule has 3 aromatic rings. The fourth-order valence-corrected chi connectivity index (χ4v) is 12.4. The van der Waals surface area contributed by atoms with E-state index in [1.165, 1.54) is 5.19 Å². The second-order valence-electron chi connectivity index (χ2n) is 13.8. The molecular weight excluding hydrogens is 728 g/mol. The number of rotatable bonds is 9. The van der Waals surface area contributed by atoms with Crippen molar-refractivity contribution < 1.29 is 49.3 Å². The van der Waals surface area contributed by atoms with E-state index in [4.69, 9.17) is 14.2 Å². The van der Waals surface area contributed by atoms with Crippen LogP contribution in [0, 0.1) is 5.92 Å². The third kappa shape index (κ3) is 6.20. The summed E-state index contributed by atoms with van der Waals surface area (Å²) in [5.74, 6) is -0.442. The summed E-state index contributed by atoms with van der Waals surface area (Å²) < 4.78 is 18.2. The van der Waals surface area contributed by atoms with Crippen LogP contribution in [0.1, 0.15) is 24.5 Å². The van der Waals surface area contributed by atoms with E-state index < -0.39 is 50.3 Å². The van der Waals surface area contributed by atoms with Crippen LogP contribution >= 0.6 is 15.9 Å². The van der Waals surface area contributed by atoms with E-state index in [0.29, 0.717) is 12.1 Å². The van der Waals surface area contributed by atoms with Gasteiger partial charge in [-0.15, -0.1) is 0 Å². The molecule has 0 unspecified atom stereocenters. The highest BCUT2D eigenvalue weighted by molar-refractivity contribution is 9.10. The Hall–Kier alpha value is -3.18. The number of aliphatic hydroxyl groups is 5. The third-order valence-electron chi connectivity index (χ3n) is 10.6. The van der Waals surface area contributed by atoms with Crippen LogP contribution in [0.2, 0.25) is 18.6 Å². The molecule has 2 saturated heterocycles. The van der Waals surface area contributed by atoms with Gasteiger partial charge in [0.1, 0.15) is 24.1 Å². The Morgan fingerprint density at radius 2 is 1.68 bits per heavy atom. The van der Waals surface area contributed by atoms with Gasteiger partial charge in [0.05, 0.1) is 33.5 Å². The molecule has 3 aromatic carbocycles. The van der Waals surface area contributed by atoms with E-state index >= 15 is 0 Å². The normalized spacial score (nSPS) is 30.8. The molecule has 50 heavy (non-hydrogen) atoms. The molecule has 268 valence electrons. The van der Waals surface area contributed by atoms with E-state index in [1.54, 1.807) is 36.3 Å². The quantitative estimate of drug-likeness (QED) is 0.177. The van der Waals surface area contributed by atoms with E-state index in [9.17, 15) is 35.1 Å². The van der Waals surface area contributed by atoms with Crippen molar-refractivity contribution >= 4 is 52.4 Å². The Balaban J connectivity index is 1.26. The number of methoxy groups -OCH3 is 1. The van der Waals surface area contributed by atoms with Crippen molar-refractivity contribution in [1.29, 1.82) is 0 Å². The predicted octanol–water partition coefficient (Wildman–Crippen LogP) is 2.34. The summed E-state index contributed by atoms with van der Waals surface area (Å²) in [6.45, 7) is 6.82. The van der Waals surface area contributed by atoms with Gasteiger partial charge in [0.15, 0.2) is 18.0 Å². The first kappa shape index (κ1) is 36.6. The lowest BCUT2D eigenvalue weighted by Gasteiger charge is -2.37. The van der Waals surface area contributed by atoms with Crippen LogP contribution in [0.15, 0.2) is 71.2 Å². The minimum atomic E-state index is -2.32. The second-order valence-corrected chi connectivity index (χ2v) is 19.4. The maximum absolute atomic E-state index is 14.8. The molecule has 6 rings (SSSR count). The van der Waals surface area contributed by atoms with Gasteiger partial charge in [-0.2, -0.15) is 0 Å². The summed E-state index contributed by atoms with van der Waals surface area (Å²) in [4.78, 5) is 29.4. The Bertz CT molecular complexity index is 1730. The highest BCUT2D eigenvalue weighted by atomic mass is 79.9. The van der Waals surface area contributed by atoms with Crippen LogP contribution in [0.25, 0.3) is 0 Å². The minimum absolute atomic E-state index is 0.00109. The first-order valence-corrected chi connectivity index (χ1v) is 20.4. The van der Waals surface area contributed by atoms with Gasteiger partial charge in [-0.05, 0) is 60.0 Å². The van der Waals surface area contributed by atoms with Crippen LogP contribution in [-0.2, 0) is 31.2 Å². The number of anilines is 2. The number of hydrogen-bond donors (Lipinski definition) is 6. The van der Waals surface area contributed by atoms with E-state index in [0.717, 1.165) is 27.0 Å². The van der Waals surface area contributed by atoms with Crippen LogP contribution in [0.4, 0.5) is 11.4 Å². The fourth-order valence-electron chi connectivity index (χ4n) is 8.01. The highest BCUT2D eigenvalue weighted by Gasteiger charge is 2.66. The topological polar surface area (TPSA) is 178 Å². The molecule has 2 fully saturated rings. The molecule has 14 heteroatoms. The fraction of sp³-hybridized carbons (Fsp3) is 0.444. The average Bonchev–Trinajstić information content (AvgIpc) is 3.52. The lowest BCUT2D eigenvalue weighted by molar-refractivity contribution is -0.274. The number of aliphatic hydroxyl groups excluding tert-OH is 5. The standard InChI is InChI=1S/C36H43BrN2O10Si/c1-19-32(50(3,4)24-12-10-23(47-2)11-13-24)27(15-16-40)49-36(19)25-17-21(37)7-14-26(25)39(35(36)46)18-20-5-8-22(9-6-20)38-33(44)31-29(42)28(41)30(43)34(45)48-31/h5-14,17,19,27-32,34,40-43,45H,15-16,18H2,1-4H3,(H,38,44)/t19-,27+,28-,29-,30+,31-,32-,34+,36+/m0/s1. The summed E-state index contributed by atoms with van der Waals surface area (Å²) in [6.07, 6.45) is -8.67. The van der Waals surface area contributed by atoms with E-state index in [-0.39, 0.29) is 36.6 Å². The Morgan fingerprint density at radius 3 is 2.32 bits per heavy atom. The maximum atomic E-state index is 14.8.